The number of nitrogens with one attached hydrogen (secondary N) is 1. The molecule has 34 heavy (non-hydrogen) atoms. The van der Waals surface area contributed by atoms with E-state index in [0.29, 0.717) is 13.2 Å². The minimum absolute atomic E-state index is 0.0549. The van der Waals surface area contributed by atoms with Crippen LogP contribution in [0.5, 0.6) is 5.75 Å². The number of carbonyl (C=O) groups is 1. The lowest BCUT2D eigenvalue weighted by molar-refractivity contribution is 0.0902. The van der Waals surface area contributed by atoms with Crippen molar-refractivity contribution in [2.75, 3.05) is 26.2 Å². The van der Waals surface area contributed by atoms with Gasteiger partial charge in [-0.1, -0.05) is 41.9 Å². The molecule has 9 heteroatoms. The van der Waals surface area contributed by atoms with Crippen LogP contribution in [0.4, 0.5) is 0 Å². The third kappa shape index (κ3) is 6.08. The van der Waals surface area contributed by atoms with Gasteiger partial charge in [-0.3, -0.25) is 9.69 Å². The number of likely N-dealkylation sites (N-methyl/N-ethyl adjacent to an activating group) is 1. The van der Waals surface area contributed by atoms with Crippen molar-refractivity contribution in [1.82, 2.24) is 10.2 Å². The summed E-state index contributed by atoms with van der Waals surface area (Å²) in [6.07, 6.45) is 0. The monoisotopic (exact) mass is 548 g/mol. The van der Waals surface area contributed by atoms with E-state index in [1.54, 1.807) is 12.1 Å². The van der Waals surface area contributed by atoms with Crippen molar-refractivity contribution < 1.29 is 22.4 Å². The summed E-state index contributed by atoms with van der Waals surface area (Å²) in [6, 6.07) is 16.7. The Balaban J connectivity index is 1.74. The molecule has 2 aromatic carbocycles. The van der Waals surface area contributed by atoms with E-state index in [2.05, 4.69) is 40.0 Å². The fraction of sp³-hybridized carbons (Fsp3) is 0.320. The molecule has 1 atom stereocenters. The van der Waals surface area contributed by atoms with Gasteiger partial charge >= 0.3 is 0 Å². The second kappa shape index (κ2) is 11.7. The zero-order chi connectivity index (χ0) is 24.7. The number of nitrogens with zero attached hydrogens (tertiary/aromatic N) is 1. The van der Waals surface area contributed by atoms with Crippen LogP contribution < -0.4 is 10.1 Å². The Morgan fingerprint density at radius 1 is 1.00 bits per heavy atom. The third-order valence-corrected chi connectivity index (χ3v) is 7.65. The number of hydrogen-bond donors (Lipinski definition) is 1. The highest BCUT2D eigenvalue weighted by atomic mass is 79.9. The molecule has 0 saturated heterocycles. The molecule has 1 amide bonds. The van der Waals surface area contributed by atoms with E-state index >= 15 is 0 Å². The van der Waals surface area contributed by atoms with Gasteiger partial charge in [-0.2, -0.15) is 0 Å². The second-order valence-electron chi connectivity index (χ2n) is 7.53. The van der Waals surface area contributed by atoms with Crippen LogP contribution in [-0.2, 0) is 9.84 Å². The van der Waals surface area contributed by atoms with Crippen molar-refractivity contribution in [3.63, 3.8) is 0 Å². The zero-order valence-corrected chi connectivity index (χ0v) is 21.9. The maximum atomic E-state index is 12.8. The van der Waals surface area contributed by atoms with Crippen molar-refractivity contribution >= 4 is 31.7 Å². The summed E-state index contributed by atoms with van der Waals surface area (Å²) < 4.78 is 37.4. The van der Waals surface area contributed by atoms with E-state index in [4.69, 9.17) is 9.15 Å². The predicted octanol–water partition coefficient (Wildman–Crippen LogP) is 5.09. The fourth-order valence-electron chi connectivity index (χ4n) is 3.67. The van der Waals surface area contributed by atoms with E-state index < -0.39 is 15.7 Å². The summed E-state index contributed by atoms with van der Waals surface area (Å²) in [7, 11) is -3.86. The summed E-state index contributed by atoms with van der Waals surface area (Å²) >= 11 is 3.29. The minimum Gasteiger partial charge on any atom is -0.494 e. The van der Waals surface area contributed by atoms with Crippen LogP contribution in [0.25, 0.3) is 0 Å². The number of carbonyl (C=O) groups excluding carboxylic acids is 1. The van der Waals surface area contributed by atoms with Gasteiger partial charge in [0.2, 0.25) is 14.9 Å². The van der Waals surface area contributed by atoms with Crippen molar-refractivity contribution in [3.05, 3.63) is 76.5 Å². The van der Waals surface area contributed by atoms with Gasteiger partial charge in [0, 0.05) is 11.0 Å². The van der Waals surface area contributed by atoms with Crippen LogP contribution in [0, 0.1) is 0 Å². The van der Waals surface area contributed by atoms with Gasteiger partial charge in [0.1, 0.15) is 5.75 Å². The molecule has 0 spiro atoms. The molecule has 7 nitrogen and oxygen atoms in total. The quantitative estimate of drug-likeness (QED) is 0.359. The van der Waals surface area contributed by atoms with Gasteiger partial charge in [0.15, 0.2) is 5.76 Å². The van der Waals surface area contributed by atoms with E-state index in [1.165, 1.54) is 24.3 Å². The van der Waals surface area contributed by atoms with Crippen LogP contribution in [-0.4, -0.2) is 45.5 Å². The third-order valence-electron chi connectivity index (χ3n) is 5.48. The first kappa shape index (κ1) is 26.0. The molecule has 0 aliphatic carbocycles. The number of hydrogen-bond acceptors (Lipinski definition) is 6. The molecule has 3 aromatic rings. The molecule has 0 aliphatic rings. The predicted molar refractivity (Wildman–Crippen MR) is 134 cm³/mol. The number of sulfone groups is 1. The Bertz CT molecular complexity index is 1190. The lowest BCUT2D eigenvalue weighted by Crippen LogP contribution is -2.38. The standard InChI is InChI=1S/C25H29BrN2O5S/c1-4-28(5-2)22(18-7-11-20(12-8-18)32-6-3)17-27-25(29)23-15-16-24(33-23)34(30,31)21-13-9-19(26)10-14-21/h7-16,22H,4-6,17H2,1-3H3,(H,27,29). The number of furan rings is 1. The molecule has 0 bridgehead atoms. The summed E-state index contributed by atoms with van der Waals surface area (Å²) in [5, 5.41) is 2.62. The van der Waals surface area contributed by atoms with E-state index in [9.17, 15) is 13.2 Å². The summed E-state index contributed by atoms with van der Waals surface area (Å²) in [4.78, 5) is 15.1. The first-order chi connectivity index (χ1) is 16.3. The van der Waals surface area contributed by atoms with Crippen LogP contribution >= 0.6 is 15.9 Å². The second-order valence-corrected chi connectivity index (χ2v) is 10.3. The molecule has 0 aliphatic heterocycles. The molecule has 182 valence electrons. The fourth-order valence-corrected chi connectivity index (χ4v) is 5.11. The highest BCUT2D eigenvalue weighted by Crippen LogP contribution is 2.25. The van der Waals surface area contributed by atoms with E-state index in [0.717, 1.165) is 28.9 Å². The maximum Gasteiger partial charge on any atom is 0.287 e. The van der Waals surface area contributed by atoms with Gasteiger partial charge in [0.25, 0.3) is 5.91 Å². The number of ether oxygens (including phenoxy) is 1. The highest BCUT2D eigenvalue weighted by molar-refractivity contribution is 9.10. The number of halogens is 1. The first-order valence-electron chi connectivity index (χ1n) is 11.2. The molecule has 1 aromatic heterocycles. The average molecular weight is 549 g/mol. The molecule has 1 unspecified atom stereocenters. The number of amides is 1. The molecule has 1 heterocycles. The summed E-state index contributed by atoms with van der Waals surface area (Å²) in [5.74, 6) is 0.268. The molecule has 0 radical (unpaired) electrons. The Labute approximate surface area is 209 Å². The Hall–Kier alpha value is -2.62. The molecular formula is C25H29BrN2O5S. The summed E-state index contributed by atoms with van der Waals surface area (Å²) in [6.45, 7) is 8.62. The van der Waals surface area contributed by atoms with Crippen molar-refractivity contribution in [2.45, 2.75) is 36.8 Å². The smallest absolute Gasteiger partial charge is 0.287 e. The van der Waals surface area contributed by atoms with Crippen LogP contribution in [0.15, 0.2) is 79.5 Å². The van der Waals surface area contributed by atoms with Gasteiger partial charge in [0.05, 0.1) is 17.5 Å². The maximum absolute atomic E-state index is 12.8. The largest absolute Gasteiger partial charge is 0.494 e. The van der Waals surface area contributed by atoms with E-state index in [1.807, 2.05) is 31.2 Å². The molecule has 0 fully saturated rings. The molecule has 0 saturated carbocycles. The van der Waals surface area contributed by atoms with E-state index in [-0.39, 0.29) is 21.8 Å². The molecular weight excluding hydrogens is 520 g/mol. The van der Waals surface area contributed by atoms with Crippen LogP contribution in [0.3, 0.4) is 0 Å². The average Bonchev–Trinajstić information content (AvgIpc) is 3.34. The lowest BCUT2D eigenvalue weighted by Gasteiger charge is -2.30. The lowest BCUT2D eigenvalue weighted by atomic mass is 10.0. The SMILES string of the molecule is CCOc1ccc(C(CNC(=O)c2ccc(S(=O)(=O)c3ccc(Br)cc3)o2)N(CC)CC)cc1. The summed E-state index contributed by atoms with van der Waals surface area (Å²) in [5.41, 5.74) is 1.05. The highest BCUT2D eigenvalue weighted by Gasteiger charge is 2.25. The normalized spacial score (nSPS) is 12.5. The van der Waals surface area contributed by atoms with Crippen molar-refractivity contribution in [1.29, 1.82) is 0 Å². The number of rotatable bonds is 11. The minimum atomic E-state index is -3.86. The Kier molecular flexibility index (Phi) is 8.93. The molecule has 1 N–H and O–H groups in total. The Morgan fingerprint density at radius 3 is 2.24 bits per heavy atom. The first-order valence-corrected chi connectivity index (χ1v) is 13.4. The van der Waals surface area contributed by atoms with Gasteiger partial charge in [-0.25, -0.2) is 8.42 Å². The Morgan fingerprint density at radius 2 is 1.65 bits per heavy atom. The van der Waals surface area contributed by atoms with Gasteiger partial charge in [-0.15, -0.1) is 0 Å². The van der Waals surface area contributed by atoms with Gasteiger partial charge in [-0.05, 0) is 74.1 Å². The molecule has 3 rings (SSSR count). The number of benzene rings is 2. The topological polar surface area (TPSA) is 88.8 Å². The van der Waals surface area contributed by atoms with Crippen molar-refractivity contribution in [3.8, 4) is 5.75 Å². The van der Waals surface area contributed by atoms with Crippen molar-refractivity contribution in [2.24, 2.45) is 0 Å². The van der Waals surface area contributed by atoms with Crippen LogP contribution in [0.1, 0.15) is 42.9 Å². The van der Waals surface area contributed by atoms with Gasteiger partial charge < -0.3 is 14.5 Å². The van der Waals surface area contributed by atoms with Crippen LogP contribution in [0.2, 0.25) is 0 Å². The zero-order valence-electron chi connectivity index (χ0n) is 19.5.